The van der Waals surface area contributed by atoms with Crippen LogP contribution in [0.1, 0.15) is 20.3 Å². The van der Waals surface area contributed by atoms with E-state index in [4.69, 9.17) is 17.3 Å². The quantitative estimate of drug-likeness (QED) is 0.819. The Morgan fingerprint density at radius 3 is 2.56 bits per heavy atom. The zero-order chi connectivity index (χ0) is 12.1. The molecule has 1 amide bonds. The van der Waals surface area contributed by atoms with E-state index >= 15 is 0 Å². The van der Waals surface area contributed by atoms with Crippen molar-refractivity contribution in [3.8, 4) is 0 Å². The zero-order valence-corrected chi connectivity index (χ0v) is 10.0. The molecule has 0 aliphatic rings. The lowest BCUT2D eigenvalue weighted by Gasteiger charge is -2.20. The highest BCUT2D eigenvalue weighted by molar-refractivity contribution is 6.30. The van der Waals surface area contributed by atoms with Crippen LogP contribution in [0.25, 0.3) is 0 Å². The van der Waals surface area contributed by atoms with Gasteiger partial charge in [-0.3, -0.25) is 4.79 Å². The summed E-state index contributed by atoms with van der Waals surface area (Å²) in [5, 5.41) is 3.35. The molecule has 0 saturated carbocycles. The molecule has 88 valence electrons. The van der Waals surface area contributed by atoms with Crippen LogP contribution in [0.15, 0.2) is 12.4 Å². The molecule has 0 aliphatic carbocycles. The first-order valence-corrected chi connectivity index (χ1v) is 5.45. The van der Waals surface area contributed by atoms with Gasteiger partial charge in [-0.15, -0.1) is 0 Å². The predicted octanol–water partition coefficient (Wildman–Crippen LogP) is 1.44. The molecule has 1 aromatic heterocycles. The molecule has 1 rings (SSSR count). The van der Waals surface area contributed by atoms with Crippen molar-refractivity contribution >= 4 is 23.5 Å². The van der Waals surface area contributed by atoms with E-state index in [0.29, 0.717) is 11.0 Å². The van der Waals surface area contributed by atoms with Gasteiger partial charge in [-0.05, 0) is 5.92 Å². The van der Waals surface area contributed by atoms with Crippen LogP contribution in [0.5, 0.6) is 0 Å². The normalized spacial score (nSPS) is 14.2. The summed E-state index contributed by atoms with van der Waals surface area (Å²) < 4.78 is 0. The fourth-order valence-electron chi connectivity index (χ4n) is 1.26. The summed E-state index contributed by atoms with van der Waals surface area (Å²) in [4.78, 5) is 19.2. The van der Waals surface area contributed by atoms with Gasteiger partial charge in [0.05, 0.1) is 17.4 Å². The SMILES string of the molecule is CCC(C)C(Nc1ncc(Cl)cn1)C(N)=O. The van der Waals surface area contributed by atoms with Crippen LogP contribution in [0.4, 0.5) is 5.95 Å². The van der Waals surface area contributed by atoms with Crippen LogP contribution in [-0.2, 0) is 4.79 Å². The summed E-state index contributed by atoms with van der Waals surface area (Å²) >= 11 is 5.66. The summed E-state index contributed by atoms with van der Waals surface area (Å²) in [5.74, 6) is 0.0678. The topological polar surface area (TPSA) is 80.9 Å². The third kappa shape index (κ3) is 3.34. The Morgan fingerprint density at radius 1 is 1.56 bits per heavy atom. The maximum absolute atomic E-state index is 11.2. The third-order valence-electron chi connectivity index (χ3n) is 2.42. The summed E-state index contributed by atoms with van der Waals surface area (Å²) in [6.45, 7) is 3.93. The first-order chi connectivity index (χ1) is 7.54. The van der Waals surface area contributed by atoms with E-state index in [9.17, 15) is 4.79 Å². The number of halogens is 1. The number of nitrogens with one attached hydrogen (secondary N) is 1. The Labute approximate surface area is 99.4 Å². The Hall–Kier alpha value is -1.36. The fourth-order valence-corrected chi connectivity index (χ4v) is 1.35. The number of anilines is 1. The molecule has 5 nitrogen and oxygen atoms in total. The molecule has 0 fully saturated rings. The predicted molar refractivity (Wildman–Crippen MR) is 63.1 cm³/mol. The molecular weight excluding hydrogens is 228 g/mol. The second-order valence-corrected chi connectivity index (χ2v) is 4.07. The number of rotatable bonds is 5. The van der Waals surface area contributed by atoms with Gasteiger partial charge in [0, 0.05) is 0 Å². The minimum atomic E-state index is -0.467. The van der Waals surface area contributed by atoms with E-state index in [-0.39, 0.29) is 5.92 Å². The second kappa shape index (κ2) is 5.65. The van der Waals surface area contributed by atoms with Crippen molar-refractivity contribution < 1.29 is 4.79 Å². The Kier molecular flexibility index (Phi) is 4.49. The monoisotopic (exact) mass is 242 g/mol. The highest BCUT2D eigenvalue weighted by Crippen LogP contribution is 2.13. The standard InChI is InChI=1S/C10H15ClN4O/c1-3-6(2)8(9(12)16)15-10-13-4-7(11)5-14-10/h4-6,8H,3H2,1-2H3,(H2,12,16)(H,13,14,15). The minimum Gasteiger partial charge on any atom is -0.368 e. The maximum atomic E-state index is 11.2. The van der Waals surface area contributed by atoms with E-state index in [1.807, 2.05) is 13.8 Å². The molecular formula is C10H15ClN4O. The minimum absolute atomic E-state index is 0.122. The number of amides is 1. The van der Waals surface area contributed by atoms with Gasteiger partial charge in [-0.2, -0.15) is 0 Å². The third-order valence-corrected chi connectivity index (χ3v) is 2.62. The molecule has 1 heterocycles. The number of nitrogens with zero attached hydrogens (tertiary/aromatic N) is 2. The van der Waals surface area contributed by atoms with Gasteiger partial charge in [-0.25, -0.2) is 9.97 Å². The van der Waals surface area contributed by atoms with Crippen molar-refractivity contribution in [1.29, 1.82) is 0 Å². The smallest absolute Gasteiger partial charge is 0.240 e. The van der Waals surface area contributed by atoms with Gasteiger partial charge >= 0.3 is 0 Å². The van der Waals surface area contributed by atoms with Crippen molar-refractivity contribution in [2.45, 2.75) is 26.3 Å². The maximum Gasteiger partial charge on any atom is 0.240 e. The first-order valence-electron chi connectivity index (χ1n) is 5.08. The van der Waals surface area contributed by atoms with Crippen molar-refractivity contribution in [1.82, 2.24) is 9.97 Å². The number of hydrogen-bond donors (Lipinski definition) is 2. The lowest BCUT2D eigenvalue weighted by Crippen LogP contribution is -2.40. The number of nitrogens with two attached hydrogens (primary N) is 1. The summed E-state index contributed by atoms with van der Waals surface area (Å²) in [6.07, 6.45) is 3.77. The van der Waals surface area contributed by atoms with E-state index in [1.165, 1.54) is 12.4 Å². The fraction of sp³-hybridized carbons (Fsp3) is 0.500. The Balaban J connectivity index is 2.75. The van der Waals surface area contributed by atoms with E-state index in [2.05, 4.69) is 15.3 Å². The zero-order valence-electron chi connectivity index (χ0n) is 9.27. The van der Waals surface area contributed by atoms with Crippen molar-refractivity contribution in [2.24, 2.45) is 11.7 Å². The molecule has 2 atom stereocenters. The van der Waals surface area contributed by atoms with Crippen LogP contribution in [0, 0.1) is 5.92 Å². The van der Waals surface area contributed by atoms with Gasteiger partial charge in [0.25, 0.3) is 0 Å². The molecule has 0 radical (unpaired) electrons. The molecule has 2 unspecified atom stereocenters. The summed E-state index contributed by atoms with van der Waals surface area (Å²) in [6, 6.07) is -0.467. The molecule has 16 heavy (non-hydrogen) atoms. The Bertz CT molecular complexity index is 354. The average molecular weight is 243 g/mol. The molecule has 0 bridgehead atoms. The molecule has 0 saturated heterocycles. The van der Waals surface area contributed by atoms with Crippen molar-refractivity contribution in [3.05, 3.63) is 17.4 Å². The van der Waals surface area contributed by atoms with Gasteiger partial charge in [0.2, 0.25) is 11.9 Å². The lowest BCUT2D eigenvalue weighted by atomic mass is 9.99. The van der Waals surface area contributed by atoms with E-state index in [0.717, 1.165) is 6.42 Å². The number of carbonyl (C=O) groups excluding carboxylic acids is 1. The molecule has 0 aromatic carbocycles. The molecule has 3 N–H and O–H groups in total. The van der Waals surface area contributed by atoms with Gasteiger partial charge in [0.15, 0.2) is 0 Å². The van der Waals surface area contributed by atoms with E-state index in [1.54, 1.807) is 0 Å². The van der Waals surface area contributed by atoms with E-state index < -0.39 is 11.9 Å². The van der Waals surface area contributed by atoms with Crippen LogP contribution < -0.4 is 11.1 Å². The average Bonchev–Trinajstić information content (AvgIpc) is 2.27. The molecule has 6 heteroatoms. The lowest BCUT2D eigenvalue weighted by molar-refractivity contribution is -0.119. The van der Waals surface area contributed by atoms with Gasteiger partial charge < -0.3 is 11.1 Å². The van der Waals surface area contributed by atoms with Gasteiger partial charge in [-0.1, -0.05) is 31.9 Å². The molecule has 0 spiro atoms. The highest BCUT2D eigenvalue weighted by Gasteiger charge is 2.22. The van der Waals surface area contributed by atoms with Crippen molar-refractivity contribution in [3.63, 3.8) is 0 Å². The number of carbonyl (C=O) groups is 1. The van der Waals surface area contributed by atoms with Crippen molar-refractivity contribution in [2.75, 3.05) is 5.32 Å². The molecule has 0 aliphatic heterocycles. The summed E-state index contributed by atoms with van der Waals surface area (Å²) in [5.41, 5.74) is 5.31. The highest BCUT2D eigenvalue weighted by atomic mass is 35.5. The largest absolute Gasteiger partial charge is 0.368 e. The number of aromatic nitrogens is 2. The van der Waals surface area contributed by atoms with Crippen LogP contribution in [0.3, 0.4) is 0 Å². The van der Waals surface area contributed by atoms with Gasteiger partial charge in [0.1, 0.15) is 6.04 Å². The number of hydrogen-bond acceptors (Lipinski definition) is 4. The number of primary amides is 1. The molecule has 1 aromatic rings. The summed E-state index contributed by atoms with van der Waals surface area (Å²) in [7, 11) is 0. The van der Waals surface area contributed by atoms with Crippen LogP contribution in [0.2, 0.25) is 5.02 Å². The Morgan fingerprint density at radius 2 is 2.12 bits per heavy atom. The van der Waals surface area contributed by atoms with Crippen LogP contribution >= 0.6 is 11.6 Å². The first kappa shape index (κ1) is 12.7. The second-order valence-electron chi connectivity index (χ2n) is 3.63. The van der Waals surface area contributed by atoms with Crippen LogP contribution in [-0.4, -0.2) is 21.9 Å².